The Kier molecular flexibility index (Phi) is 6.49. The molecule has 1 aromatic carbocycles. The molecular weight excluding hydrogens is 453 g/mol. The SMILES string of the molecule is CC(C)(C)c1ccccc1Oc1ncccc1Nc1nc(C(F)(F)F)c(N2CCOCC2)s1. The van der Waals surface area contributed by atoms with E-state index in [9.17, 15) is 13.2 Å². The number of para-hydroxylation sites is 1. The molecule has 2 aromatic heterocycles. The van der Waals surface area contributed by atoms with E-state index in [2.05, 4.69) is 36.1 Å². The number of aromatic nitrogens is 2. The van der Waals surface area contributed by atoms with Crippen LogP contribution in [0.15, 0.2) is 42.6 Å². The summed E-state index contributed by atoms with van der Waals surface area (Å²) in [4.78, 5) is 9.84. The Morgan fingerprint density at radius 2 is 1.79 bits per heavy atom. The smallest absolute Gasteiger partial charge is 0.436 e. The molecule has 0 amide bonds. The summed E-state index contributed by atoms with van der Waals surface area (Å²) in [6.07, 6.45) is -2.99. The van der Waals surface area contributed by atoms with Gasteiger partial charge in [0.15, 0.2) is 10.8 Å². The summed E-state index contributed by atoms with van der Waals surface area (Å²) in [5.74, 6) is 0.891. The highest BCUT2D eigenvalue weighted by Gasteiger charge is 2.39. The number of nitrogens with one attached hydrogen (secondary N) is 1. The normalized spacial score (nSPS) is 14.9. The van der Waals surface area contributed by atoms with Gasteiger partial charge < -0.3 is 19.7 Å². The van der Waals surface area contributed by atoms with Gasteiger partial charge in [0, 0.05) is 24.8 Å². The van der Waals surface area contributed by atoms with Crippen LogP contribution < -0.4 is 15.0 Å². The van der Waals surface area contributed by atoms with Crippen LogP contribution in [0.5, 0.6) is 11.6 Å². The van der Waals surface area contributed by atoms with Gasteiger partial charge in [-0.25, -0.2) is 9.97 Å². The number of benzene rings is 1. The summed E-state index contributed by atoms with van der Waals surface area (Å²) in [6.45, 7) is 7.76. The number of alkyl halides is 3. The quantitative estimate of drug-likeness (QED) is 0.469. The first-order valence-electron chi connectivity index (χ1n) is 10.5. The monoisotopic (exact) mass is 478 g/mol. The topological polar surface area (TPSA) is 59.5 Å². The van der Waals surface area contributed by atoms with E-state index in [4.69, 9.17) is 9.47 Å². The van der Waals surface area contributed by atoms with E-state index in [0.717, 1.165) is 16.9 Å². The number of hydrogen-bond acceptors (Lipinski definition) is 7. The van der Waals surface area contributed by atoms with Crippen molar-refractivity contribution in [3.63, 3.8) is 0 Å². The van der Waals surface area contributed by atoms with Crippen molar-refractivity contribution in [2.24, 2.45) is 0 Å². The number of thiazole rings is 1. The Balaban J connectivity index is 1.65. The average Bonchev–Trinajstić information content (AvgIpc) is 3.20. The van der Waals surface area contributed by atoms with Gasteiger partial charge in [0.05, 0.1) is 13.2 Å². The van der Waals surface area contributed by atoms with Crippen LogP contribution in [-0.4, -0.2) is 36.3 Å². The van der Waals surface area contributed by atoms with Gasteiger partial charge in [-0.15, -0.1) is 0 Å². The van der Waals surface area contributed by atoms with Crippen molar-refractivity contribution in [2.45, 2.75) is 32.4 Å². The van der Waals surface area contributed by atoms with E-state index in [1.165, 1.54) is 0 Å². The molecule has 4 rings (SSSR count). The van der Waals surface area contributed by atoms with Crippen LogP contribution >= 0.6 is 11.3 Å². The second-order valence-electron chi connectivity index (χ2n) is 8.60. The zero-order chi connectivity index (χ0) is 23.6. The lowest BCUT2D eigenvalue weighted by Crippen LogP contribution is -2.36. The summed E-state index contributed by atoms with van der Waals surface area (Å²) >= 11 is 0.955. The molecule has 0 atom stereocenters. The van der Waals surface area contributed by atoms with Crippen molar-refractivity contribution in [3.8, 4) is 11.6 Å². The molecule has 1 N–H and O–H groups in total. The minimum atomic E-state index is -4.57. The molecule has 3 aromatic rings. The van der Waals surface area contributed by atoms with Crippen molar-refractivity contribution in [1.82, 2.24) is 9.97 Å². The fraction of sp³-hybridized carbons (Fsp3) is 0.391. The van der Waals surface area contributed by atoms with Gasteiger partial charge in [-0.1, -0.05) is 50.3 Å². The molecular formula is C23H25F3N4O2S. The largest absolute Gasteiger partial charge is 0.437 e. The summed E-state index contributed by atoms with van der Waals surface area (Å²) in [5.41, 5.74) is 0.353. The molecule has 176 valence electrons. The van der Waals surface area contributed by atoms with Crippen molar-refractivity contribution < 1.29 is 22.6 Å². The minimum absolute atomic E-state index is 0.0812. The second-order valence-corrected chi connectivity index (χ2v) is 9.58. The van der Waals surface area contributed by atoms with Crippen molar-refractivity contribution >= 4 is 27.2 Å². The van der Waals surface area contributed by atoms with Crippen LogP contribution in [0.3, 0.4) is 0 Å². The number of rotatable bonds is 5. The molecule has 3 heterocycles. The van der Waals surface area contributed by atoms with Crippen LogP contribution in [-0.2, 0) is 16.3 Å². The average molecular weight is 479 g/mol. The van der Waals surface area contributed by atoms with Crippen molar-refractivity contribution in [1.29, 1.82) is 0 Å². The van der Waals surface area contributed by atoms with Gasteiger partial charge in [-0.3, -0.25) is 0 Å². The second kappa shape index (κ2) is 9.18. The zero-order valence-corrected chi connectivity index (χ0v) is 19.4. The third kappa shape index (κ3) is 5.39. The van der Waals surface area contributed by atoms with Crippen LogP contribution in [0.1, 0.15) is 32.0 Å². The molecule has 0 radical (unpaired) electrons. The van der Waals surface area contributed by atoms with Crippen molar-refractivity contribution in [3.05, 3.63) is 53.9 Å². The van der Waals surface area contributed by atoms with Gasteiger partial charge in [-0.05, 0) is 23.6 Å². The summed E-state index contributed by atoms with van der Waals surface area (Å²) in [5, 5.41) is 3.18. The fourth-order valence-electron chi connectivity index (χ4n) is 3.49. The summed E-state index contributed by atoms with van der Waals surface area (Å²) in [7, 11) is 0. The highest BCUT2D eigenvalue weighted by Crippen LogP contribution is 2.43. The molecule has 1 saturated heterocycles. The number of pyridine rings is 1. The third-order valence-electron chi connectivity index (χ3n) is 5.09. The highest BCUT2D eigenvalue weighted by molar-refractivity contribution is 7.19. The molecule has 0 bridgehead atoms. The van der Waals surface area contributed by atoms with E-state index < -0.39 is 11.9 Å². The first-order chi connectivity index (χ1) is 15.6. The Bertz CT molecular complexity index is 1110. The Hall–Kier alpha value is -2.85. The molecule has 1 aliphatic rings. The molecule has 0 saturated carbocycles. The van der Waals surface area contributed by atoms with E-state index >= 15 is 0 Å². The molecule has 0 unspecified atom stereocenters. The minimum Gasteiger partial charge on any atom is -0.437 e. The van der Waals surface area contributed by atoms with Crippen LogP contribution in [0.25, 0.3) is 0 Å². The number of anilines is 3. The predicted molar refractivity (Wildman–Crippen MR) is 123 cm³/mol. The van der Waals surface area contributed by atoms with Crippen molar-refractivity contribution in [2.75, 3.05) is 36.5 Å². The standard InChI is InChI=1S/C23H25F3N4O2S/c1-22(2,3)15-7-4-5-9-17(15)32-19-16(8-6-10-27-19)28-21-29-18(23(24,25)26)20(33-21)30-11-13-31-14-12-30/h4-10H,11-14H2,1-3H3,(H,28,29). The first-order valence-corrected chi connectivity index (χ1v) is 11.3. The molecule has 1 fully saturated rings. The number of halogens is 3. The molecule has 10 heteroatoms. The lowest BCUT2D eigenvalue weighted by atomic mass is 9.86. The molecule has 0 aliphatic carbocycles. The number of hydrogen-bond donors (Lipinski definition) is 1. The highest BCUT2D eigenvalue weighted by atomic mass is 32.1. The molecule has 33 heavy (non-hydrogen) atoms. The zero-order valence-electron chi connectivity index (χ0n) is 18.6. The first kappa shape index (κ1) is 23.3. The third-order valence-corrected chi connectivity index (χ3v) is 6.12. The van der Waals surface area contributed by atoms with Gasteiger partial charge >= 0.3 is 6.18 Å². The van der Waals surface area contributed by atoms with E-state index in [1.807, 2.05) is 24.3 Å². The molecule has 6 nitrogen and oxygen atoms in total. The number of morpholine rings is 1. The van der Waals surface area contributed by atoms with Gasteiger partial charge in [0.2, 0.25) is 5.88 Å². The van der Waals surface area contributed by atoms with E-state index in [1.54, 1.807) is 23.2 Å². The number of ether oxygens (including phenoxy) is 2. The summed E-state index contributed by atoms with van der Waals surface area (Å²) < 4.78 is 52.5. The Labute approximate surface area is 194 Å². The van der Waals surface area contributed by atoms with Gasteiger partial charge in [-0.2, -0.15) is 13.2 Å². The van der Waals surface area contributed by atoms with E-state index in [-0.39, 0.29) is 21.4 Å². The van der Waals surface area contributed by atoms with Crippen LogP contribution in [0.2, 0.25) is 0 Å². The molecule has 1 aliphatic heterocycles. The molecule has 0 spiro atoms. The van der Waals surface area contributed by atoms with Crippen LogP contribution in [0.4, 0.5) is 29.0 Å². The van der Waals surface area contributed by atoms with Gasteiger partial charge in [0.1, 0.15) is 16.4 Å². The van der Waals surface area contributed by atoms with Gasteiger partial charge in [0.25, 0.3) is 0 Å². The predicted octanol–water partition coefficient (Wildman–Crippen LogP) is 6.23. The number of nitrogens with zero attached hydrogens (tertiary/aromatic N) is 3. The lowest BCUT2D eigenvalue weighted by molar-refractivity contribution is -0.140. The Morgan fingerprint density at radius 1 is 1.06 bits per heavy atom. The maximum atomic E-state index is 13.7. The fourth-order valence-corrected chi connectivity index (χ4v) is 4.54. The van der Waals surface area contributed by atoms with Crippen LogP contribution in [0, 0.1) is 0 Å². The summed E-state index contributed by atoms with van der Waals surface area (Å²) in [6, 6.07) is 11.0. The lowest BCUT2D eigenvalue weighted by Gasteiger charge is -2.28. The Morgan fingerprint density at radius 3 is 2.48 bits per heavy atom. The van der Waals surface area contributed by atoms with E-state index in [0.29, 0.717) is 37.7 Å². The maximum absolute atomic E-state index is 13.7. The maximum Gasteiger partial charge on any atom is 0.436 e.